The van der Waals surface area contributed by atoms with E-state index in [1.807, 2.05) is 24.3 Å². The number of hydrogen-bond donors (Lipinski definition) is 2. The van der Waals surface area contributed by atoms with Crippen LogP contribution < -0.4 is 15.4 Å². The second-order valence-electron chi connectivity index (χ2n) is 5.53. The fourth-order valence-corrected chi connectivity index (χ4v) is 2.33. The van der Waals surface area contributed by atoms with Crippen LogP contribution in [0.2, 0.25) is 0 Å². The van der Waals surface area contributed by atoms with Gasteiger partial charge in [0, 0.05) is 44.1 Å². The van der Waals surface area contributed by atoms with Gasteiger partial charge in [-0.3, -0.25) is 14.6 Å². The maximum absolute atomic E-state index is 12.4. The van der Waals surface area contributed by atoms with E-state index < -0.39 is 0 Å². The molecule has 2 rings (SSSR count). The Morgan fingerprint density at radius 2 is 1.88 bits per heavy atom. The van der Waals surface area contributed by atoms with Crippen LogP contribution >= 0.6 is 0 Å². The molecule has 1 aromatic heterocycles. The van der Waals surface area contributed by atoms with Crippen molar-refractivity contribution in [3.63, 3.8) is 0 Å². The largest absolute Gasteiger partial charge is 0.496 e. The number of hydrogen-bond acceptors (Lipinski definition) is 5. The average Bonchev–Trinajstić information content (AvgIpc) is 2.69. The van der Waals surface area contributed by atoms with Gasteiger partial charge >= 0.3 is 0 Å². The highest BCUT2D eigenvalue weighted by molar-refractivity contribution is 5.98. The Kier molecular flexibility index (Phi) is 7.57. The Hall–Kier alpha value is -2.93. The molecule has 138 valence electrons. The van der Waals surface area contributed by atoms with Crippen LogP contribution in [0.4, 0.5) is 0 Å². The molecule has 0 atom stereocenters. The zero-order chi connectivity index (χ0) is 18.8. The van der Waals surface area contributed by atoms with Gasteiger partial charge in [0.05, 0.1) is 7.11 Å². The van der Waals surface area contributed by atoms with E-state index in [2.05, 4.69) is 15.6 Å². The van der Waals surface area contributed by atoms with Gasteiger partial charge < -0.3 is 20.1 Å². The first kappa shape index (κ1) is 19.4. The molecule has 0 fully saturated rings. The normalized spacial score (nSPS) is 10.2. The summed E-state index contributed by atoms with van der Waals surface area (Å²) in [4.78, 5) is 28.5. The number of carbonyl (C=O) groups excluding carboxylic acids is 2. The van der Waals surface area contributed by atoms with Gasteiger partial charge in [-0.1, -0.05) is 18.2 Å². The quantitative estimate of drug-likeness (QED) is 0.668. The van der Waals surface area contributed by atoms with Crippen LogP contribution in [-0.4, -0.2) is 44.2 Å². The molecule has 7 heteroatoms. The fourth-order valence-electron chi connectivity index (χ4n) is 2.33. The van der Waals surface area contributed by atoms with Crippen LogP contribution in [0.5, 0.6) is 5.75 Å². The van der Waals surface area contributed by atoms with Gasteiger partial charge in [-0.2, -0.15) is 0 Å². The van der Waals surface area contributed by atoms with Gasteiger partial charge in [-0.15, -0.1) is 0 Å². The SMILES string of the molecule is COCCCNC(=O)c1cc(C(=O)NCc2ccccc2OC)ccn1. The minimum Gasteiger partial charge on any atom is -0.496 e. The van der Waals surface area contributed by atoms with E-state index in [9.17, 15) is 9.59 Å². The lowest BCUT2D eigenvalue weighted by Gasteiger charge is -2.10. The summed E-state index contributed by atoms with van der Waals surface area (Å²) >= 11 is 0. The number of nitrogens with one attached hydrogen (secondary N) is 2. The Labute approximate surface area is 152 Å². The van der Waals surface area contributed by atoms with Crippen LogP contribution in [0.15, 0.2) is 42.6 Å². The van der Waals surface area contributed by atoms with E-state index in [0.29, 0.717) is 37.4 Å². The molecular weight excluding hydrogens is 334 g/mol. The Balaban J connectivity index is 1.96. The number of ether oxygens (including phenoxy) is 2. The van der Waals surface area contributed by atoms with Gasteiger partial charge in [0.2, 0.25) is 0 Å². The molecule has 2 N–H and O–H groups in total. The van der Waals surface area contributed by atoms with Crippen molar-refractivity contribution in [1.29, 1.82) is 0 Å². The maximum Gasteiger partial charge on any atom is 0.269 e. The van der Waals surface area contributed by atoms with Gasteiger partial charge in [-0.25, -0.2) is 0 Å². The second-order valence-corrected chi connectivity index (χ2v) is 5.53. The Morgan fingerprint density at radius 1 is 1.08 bits per heavy atom. The molecule has 0 aliphatic carbocycles. The van der Waals surface area contributed by atoms with Crippen molar-refractivity contribution in [2.45, 2.75) is 13.0 Å². The fraction of sp³-hybridized carbons (Fsp3) is 0.316. The minimum atomic E-state index is -0.319. The monoisotopic (exact) mass is 357 g/mol. The van der Waals surface area contributed by atoms with Gasteiger partial charge in [0.15, 0.2) is 0 Å². The number of para-hydroxylation sites is 1. The van der Waals surface area contributed by atoms with E-state index in [0.717, 1.165) is 5.56 Å². The summed E-state index contributed by atoms with van der Waals surface area (Å²) in [5.74, 6) is 0.103. The summed E-state index contributed by atoms with van der Waals surface area (Å²) < 4.78 is 10.2. The minimum absolute atomic E-state index is 0.201. The number of amides is 2. The third-order valence-corrected chi connectivity index (χ3v) is 3.70. The van der Waals surface area contributed by atoms with Crippen molar-refractivity contribution in [2.24, 2.45) is 0 Å². The molecule has 0 aliphatic rings. The molecule has 7 nitrogen and oxygen atoms in total. The van der Waals surface area contributed by atoms with Crippen LogP contribution in [0.3, 0.4) is 0 Å². The van der Waals surface area contributed by atoms with Crippen molar-refractivity contribution in [1.82, 2.24) is 15.6 Å². The van der Waals surface area contributed by atoms with Crippen LogP contribution in [-0.2, 0) is 11.3 Å². The van der Waals surface area contributed by atoms with Gasteiger partial charge in [0.25, 0.3) is 11.8 Å². The molecule has 1 heterocycles. The highest BCUT2D eigenvalue weighted by atomic mass is 16.5. The standard InChI is InChI=1S/C19H23N3O4/c1-25-11-5-9-21-19(24)16-12-14(8-10-20-16)18(23)22-13-15-6-3-4-7-17(15)26-2/h3-4,6-8,10,12H,5,9,11,13H2,1-2H3,(H,21,24)(H,22,23). The summed E-state index contributed by atoms with van der Waals surface area (Å²) in [6.45, 7) is 1.38. The van der Waals surface area contributed by atoms with E-state index in [-0.39, 0.29) is 17.5 Å². The van der Waals surface area contributed by atoms with Crippen LogP contribution in [0.25, 0.3) is 0 Å². The van der Waals surface area contributed by atoms with Gasteiger partial charge in [-0.05, 0) is 24.6 Å². The maximum atomic E-state index is 12.4. The molecule has 0 saturated heterocycles. The average molecular weight is 357 g/mol. The summed E-state index contributed by atoms with van der Waals surface area (Å²) in [6.07, 6.45) is 2.16. The molecule has 0 bridgehead atoms. The molecule has 0 spiro atoms. The number of nitrogens with zero attached hydrogens (tertiary/aromatic N) is 1. The molecule has 0 radical (unpaired) electrons. The van der Waals surface area contributed by atoms with E-state index in [1.54, 1.807) is 20.3 Å². The lowest BCUT2D eigenvalue weighted by atomic mass is 10.1. The van der Waals surface area contributed by atoms with Gasteiger partial charge in [0.1, 0.15) is 11.4 Å². The molecule has 1 aromatic carbocycles. The predicted molar refractivity (Wildman–Crippen MR) is 97.2 cm³/mol. The van der Waals surface area contributed by atoms with E-state index in [4.69, 9.17) is 9.47 Å². The molecule has 0 unspecified atom stereocenters. The molecule has 0 aliphatic heterocycles. The summed E-state index contributed by atoms with van der Waals surface area (Å²) in [6, 6.07) is 10.5. The highest BCUT2D eigenvalue weighted by Gasteiger charge is 2.12. The first-order chi connectivity index (χ1) is 12.7. The number of pyridine rings is 1. The van der Waals surface area contributed by atoms with Crippen molar-refractivity contribution in [2.75, 3.05) is 27.4 Å². The van der Waals surface area contributed by atoms with Crippen molar-refractivity contribution in [3.05, 3.63) is 59.4 Å². The molecule has 0 saturated carbocycles. The van der Waals surface area contributed by atoms with Crippen molar-refractivity contribution in [3.8, 4) is 5.75 Å². The molecule has 2 amide bonds. The number of carbonyl (C=O) groups is 2. The zero-order valence-corrected chi connectivity index (χ0v) is 15.0. The van der Waals surface area contributed by atoms with Crippen LogP contribution in [0.1, 0.15) is 32.8 Å². The molecular formula is C19H23N3O4. The number of methoxy groups -OCH3 is 2. The van der Waals surface area contributed by atoms with E-state index in [1.165, 1.54) is 12.3 Å². The Bertz CT molecular complexity index is 749. The Morgan fingerprint density at radius 3 is 2.65 bits per heavy atom. The number of aromatic nitrogens is 1. The lowest BCUT2D eigenvalue weighted by Crippen LogP contribution is -2.27. The zero-order valence-electron chi connectivity index (χ0n) is 15.0. The van der Waals surface area contributed by atoms with Crippen molar-refractivity contribution < 1.29 is 19.1 Å². The van der Waals surface area contributed by atoms with Crippen molar-refractivity contribution >= 4 is 11.8 Å². The third-order valence-electron chi connectivity index (χ3n) is 3.70. The molecule has 2 aromatic rings. The lowest BCUT2D eigenvalue weighted by molar-refractivity contribution is 0.0943. The summed E-state index contributed by atoms with van der Waals surface area (Å²) in [5, 5.41) is 5.56. The first-order valence-corrected chi connectivity index (χ1v) is 8.29. The predicted octanol–water partition coefficient (Wildman–Crippen LogP) is 1.79. The summed E-state index contributed by atoms with van der Waals surface area (Å²) in [7, 11) is 3.19. The smallest absolute Gasteiger partial charge is 0.269 e. The number of benzene rings is 1. The first-order valence-electron chi connectivity index (χ1n) is 8.29. The van der Waals surface area contributed by atoms with E-state index >= 15 is 0 Å². The second kappa shape index (κ2) is 10.1. The van der Waals surface area contributed by atoms with Crippen LogP contribution in [0, 0.1) is 0 Å². The third kappa shape index (κ3) is 5.56. The number of rotatable bonds is 9. The topological polar surface area (TPSA) is 89.5 Å². The summed E-state index contributed by atoms with van der Waals surface area (Å²) in [5.41, 5.74) is 1.44. The highest BCUT2D eigenvalue weighted by Crippen LogP contribution is 2.16. The molecule has 26 heavy (non-hydrogen) atoms.